The second-order valence-corrected chi connectivity index (χ2v) is 5.45. The van der Waals surface area contributed by atoms with E-state index < -0.39 is 0 Å². The van der Waals surface area contributed by atoms with Crippen LogP contribution >= 0.6 is 0 Å². The van der Waals surface area contributed by atoms with Gasteiger partial charge in [0.05, 0.1) is 6.61 Å². The first kappa shape index (κ1) is 17.5. The molecule has 0 aliphatic carbocycles. The molecule has 0 saturated heterocycles. The average molecular weight is 323 g/mol. The maximum Gasteiger partial charge on any atom is 0.253 e. The molecule has 1 amide bonds. The van der Waals surface area contributed by atoms with E-state index in [0.717, 1.165) is 11.3 Å². The fourth-order valence-corrected chi connectivity index (χ4v) is 2.20. The summed E-state index contributed by atoms with van der Waals surface area (Å²) >= 11 is 0. The van der Waals surface area contributed by atoms with Gasteiger partial charge in [-0.1, -0.05) is 30.3 Å². The Bertz CT molecular complexity index is 746. The van der Waals surface area contributed by atoms with Crippen molar-refractivity contribution >= 4 is 17.8 Å². The predicted octanol–water partition coefficient (Wildman–Crippen LogP) is 3.68. The van der Waals surface area contributed by atoms with Crippen LogP contribution in [0.2, 0.25) is 0 Å². The summed E-state index contributed by atoms with van der Waals surface area (Å²) in [5.74, 6) is 0.538. The summed E-state index contributed by atoms with van der Waals surface area (Å²) in [5, 5.41) is 0. The van der Waals surface area contributed by atoms with Crippen LogP contribution in [0.5, 0.6) is 5.75 Å². The molecule has 0 bridgehead atoms. The summed E-state index contributed by atoms with van der Waals surface area (Å²) in [7, 11) is 3.39. The van der Waals surface area contributed by atoms with Gasteiger partial charge >= 0.3 is 0 Å². The lowest BCUT2D eigenvalue weighted by Gasteiger charge is -2.10. The van der Waals surface area contributed by atoms with Gasteiger partial charge in [-0.2, -0.15) is 0 Å². The van der Waals surface area contributed by atoms with Crippen molar-refractivity contribution in [1.29, 1.82) is 0 Å². The Labute approximate surface area is 142 Å². The Balaban J connectivity index is 2.14. The molecule has 0 radical (unpaired) electrons. The van der Waals surface area contributed by atoms with Crippen LogP contribution in [-0.4, -0.2) is 37.3 Å². The predicted molar refractivity (Wildman–Crippen MR) is 95.4 cm³/mol. The number of ether oxygens (including phenoxy) is 1. The minimum absolute atomic E-state index is 0.0878. The van der Waals surface area contributed by atoms with Gasteiger partial charge in [0.15, 0.2) is 5.78 Å². The summed E-state index contributed by atoms with van der Waals surface area (Å²) in [4.78, 5) is 25.6. The molecule has 0 heterocycles. The van der Waals surface area contributed by atoms with Gasteiger partial charge in [-0.25, -0.2) is 0 Å². The SMILES string of the molecule is CCOc1ccccc1/C=C/C(=O)c1ccc(C(=O)N(C)C)cc1. The number of rotatable bonds is 6. The molecule has 0 N–H and O–H groups in total. The highest BCUT2D eigenvalue weighted by Crippen LogP contribution is 2.19. The van der Waals surface area contributed by atoms with Gasteiger partial charge in [0, 0.05) is 30.8 Å². The Morgan fingerprint density at radius 3 is 2.25 bits per heavy atom. The molecule has 0 unspecified atom stereocenters. The molecule has 0 aliphatic heterocycles. The highest BCUT2D eigenvalue weighted by Gasteiger charge is 2.09. The molecule has 2 rings (SSSR count). The van der Waals surface area contributed by atoms with Gasteiger partial charge in [-0.05, 0) is 37.3 Å². The minimum atomic E-state index is -0.120. The molecule has 0 aromatic heterocycles. The molecule has 0 fully saturated rings. The molecule has 0 spiro atoms. The van der Waals surface area contributed by atoms with Gasteiger partial charge in [-0.3, -0.25) is 9.59 Å². The van der Waals surface area contributed by atoms with Crippen LogP contribution < -0.4 is 4.74 Å². The number of amides is 1. The molecular formula is C20H21NO3. The molecule has 24 heavy (non-hydrogen) atoms. The lowest BCUT2D eigenvalue weighted by atomic mass is 10.1. The lowest BCUT2D eigenvalue weighted by Crippen LogP contribution is -2.21. The second kappa shape index (κ2) is 8.11. The molecule has 2 aromatic rings. The number of hydrogen-bond donors (Lipinski definition) is 0. The molecule has 4 nitrogen and oxygen atoms in total. The van der Waals surface area contributed by atoms with E-state index in [1.807, 2.05) is 31.2 Å². The zero-order valence-electron chi connectivity index (χ0n) is 14.2. The van der Waals surface area contributed by atoms with Gasteiger partial charge < -0.3 is 9.64 Å². The third-order valence-corrected chi connectivity index (χ3v) is 3.46. The monoisotopic (exact) mass is 323 g/mol. The van der Waals surface area contributed by atoms with Crippen LogP contribution in [-0.2, 0) is 0 Å². The summed E-state index contributed by atoms with van der Waals surface area (Å²) in [6.07, 6.45) is 3.26. The van der Waals surface area contributed by atoms with Crippen LogP contribution in [0.15, 0.2) is 54.6 Å². The molecule has 0 aliphatic rings. The maximum absolute atomic E-state index is 12.3. The summed E-state index contributed by atoms with van der Waals surface area (Å²) < 4.78 is 5.53. The number of carbonyl (C=O) groups is 2. The Hall–Kier alpha value is -2.88. The summed E-state index contributed by atoms with van der Waals surface area (Å²) in [6, 6.07) is 14.2. The van der Waals surface area contributed by atoms with E-state index in [2.05, 4.69) is 0 Å². The zero-order chi connectivity index (χ0) is 17.5. The summed E-state index contributed by atoms with van der Waals surface area (Å²) in [6.45, 7) is 2.49. The van der Waals surface area contributed by atoms with E-state index in [4.69, 9.17) is 4.74 Å². The number of benzene rings is 2. The number of para-hydroxylation sites is 1. The van der Waals surface area contributed by atoms with Crippen LogP contribution in [0, 0.1) is 0 Å². The molecule has 124 valence electrons. The molecule has 0 saturated carbocycles. The molecule has 2 aromatic carbocycles. The van der Waals surface area contributed by atoms with Crippen molar-refractivity contribution in [2.24, 2.45) is 0 Å². The second-order valence-electron chi connectivity index (χ2n) is 5.45. The van der Waals surface area contributed by atoms with E-state index in [1.165, 1.54) is 11.0 Å². The van der Waals surface area contributed by atoms with Gasteiger partial charge in [0.1, 0.15) is 5.75 Å². The molecule has 4 heteroatoms. The van der Waals surface area contributed by atoms with E-state index in [9.17, 15) is 9.59 Å². The van der Waals surface area contributed by atoms with Crippen molar-refractivity contribution < 1.29 is 14.3 Å². The van der Waals surface area contributed by atoms with Crippen LogP contribution in [0.3, 0.4) is 0 Å². The number of allylic oxidation sites excluding steroid dienone is 1. The Kier molecular flexibility index (Phi) is 5.90. The van der Waals surface area contributed by atoms with E-state index in [-0.39, 0.29) is 11.7 Å². The standard InChI is InChI=1S/C20H21NO3/c1-4-24-19-8-6-5-7-16(19)13-14-18(22)15-9-11-17(12-10-15)20(23)21(2)3/h5-14H,4H2,1-3H3/b14-13+. The average Bonchev–Trinajstić information content (AvgIpc) is 2.60. The molecule has 0 atom stereocenters. The van der Waals surface area contributed by atoms with Crippen molar-refractivity contribution in [1.82, 2.24) is 4.90 Å². The Morgan fingerprint density at radius 1 is 1.00 bits per heavy atom. The van der Waals surface area contributed by atoms with Crippen molar-refractivity contribution in [3.8, 4) is 5.75 Å². The fourth-order valence-electron chi connectivity index (χ4n) is 2.20. The molecular weight excluding hydrogens is 302 g/mol. The number of nitrogens with zero attached hydrogens (tertiary/aromatic N) is 1. The smallest absolute Gasteiger partial charge is 0.253 e. The van der Waals surface area contributed by atoms with E-state index >= 15 is 0 Å². The quantitative estimate of drug-likeness (QED) is 0.602. The number of hydrogen-bond acceptors (Lipinski definition) is 3. The van der Waals surface area contributed by atoms with Crippen molar-refractivity contribution in [2.75, 3.05) is 20.7 Å². The van der Waals surface area contributed by atoms with E-state index in [1.54, 1.807) is 44.4 Å². The first-order valence-electron chi connectivity index (χ1n) is 7.79. The van der Waals surface area contributed by atoms with Crippen LogP contribution in [0.25, 0.3) is 6.08 Å². The highest BCUT2D eigenvalue weighted by atomic mass is 16.5. The number of ketones is 1. The minimum Gasteiger partial charge on any atom is -0.493 e. The normalized spacial score (nSPS) is 10.6. The third-order valence-electron chi connectivity index (χ3n) is 3.46. The van der Waals surface area contributed by atoms with E-state index in [0.29, 0.717) is 17.7 Å². The van der Waals surface area contributed by atoms with Crippen LogP contribution in [0.4, 0.5) is 0 Å². The Morgan fingerprint density at radius 2 is 1.62 bits per heavy atom. The van der Waals surface area contributed by atoms with Gasteiger partial charge in [0.25, 0.3) is 5.91 Å². The highest BCUT2D eigenvalue weighted by molar-refractivity contribution is 6.07. The fraction of sp³-hybridized carbons (Fsp3) is 0.200. The van der Waals surface area contributed by atoms with Crippen molar-refractivity contribution in [3.05, 3.63) is 71.3 Å². The van der Waals surface area contributed by atoms with Gasteiger partial charge in [0.2, 0.25) is 0 Å². The third kappa shape index (κ3) is 4.32. The first-order valence-corrected chi connectivity index (χ1v) is 7.79. The summed E-state index contributed by atoms with van der Waals surface area (Å²) in [5.41, 5.74) is 1.95. The zero-order valence-corrected chi connectivity index (χ0v) is 14.2. The lowest BCUT2D eigenvalue weighted by molar-refractivity contribution is 0.0827. The van der Waals surface area contributed by atoms with Crippen molar-refractivity contribution in [3.63, 3.8) is 0 Å². The number of carbonyl (C=O) groups excluding carboxylic acids is 2. The van der Waals surface area contributed by atoms with Gasteiger partial charge in [-0.15, -0.1) is 0 Å². The maximum atomic E-state index is 12.3. The first-order chi connectivity index (χ1) is 11.5. The largest absolute Gasteiger partial charge is 0.493 e. The van der Waals surface area contributed by atoms with Crippen LogP contribution in [0.1, 0.15) is 33.2 Å². The van der Waals surface area contributed by atoms with Crippen molar-refractivity contribution in [2.45, 2.75) is 6.92 Å². The topological polar surface area (TPSA) is 46.6 Å².